The summed E-state index contributed by atoms with van der Waals surface area (Å²) in [6.07, 6.45) is 1.61. The molecule has 8 heteroatoms. The number of ether oxygens (including phenoxy) is 2. The minimum absolute atomic E-state index is 0.00782. The normalized spacial score (nSPS) is 14.1. The number of sulfonamides is 1. The van der Waals surface area contributed by atoms with E-state index in [2.05, 4.69) is 4.72 Å². The Morgan fingerprint density at radius 3 is 2.65 bits per heavy atom. The van der Waals surface area contributed by atoms with Gasteiger partial charge in [0.05, 0.1) is 17.7 Å². The molecule has 0 amide bonds. The van der Waals surface area contributed by atoms with Gasteiger partial charge in [-0.3, -0.25) is 0 Å². The van der Waals surface area contributed by atoms with Crippen LogP contribution in [0.5, 0.6) is 5.75 Å². The maximum Gasteiger partial charge on any atom is 0.338 e. The highest BCUT2D eigenvalue weighted by Crippen LogP contribution is 2.27. The number of hydrogen-bond acceptors (Lipinski definition) is 5. The summed E-state index contributed by atoms with van der Waals surface area (Å²) in [7, 11) is -2.24. The maximum atomic E-state index is 12.4. The Balaban J connectivity index is 1.76. The number of carbonyl (C=O) groups excluding carboxylic acids is 1. The molecule has 1 N–H and O–H groups in total. The van der Waals surface area contributed by atoms with Crippen molar-refractivity contribution in [1.29, 1.82) is 0 Å². The minimum Gasteiger partial charge on any atom is -0.496 e. The first-order valence-electron chi connectivity index (χ1n) is 8.01. The van der Waals surface area contributed by atoms with Gasteiger partial charge in [0, 0.05) is 11.6 Å². The van der Waals surface area contributed by atoms with Crippen LogP contribution in [0.3, 0.4) is 0 Å². The van der Waals surface area contributed by atoms with Crippen LogP contribution in [0.25, 0.3) is 0 Å². The quantitative estimate of drug-likeness (QED) is 0.728. The topological polar surface area (TPSA) is 81.7 Å². The first kappa shape index (κ1) is 18.7. The van der Waals surface area contributed by atoms with Gasteiger partial charge in [0.15, 0.2) is 0 Å². The van der Waals surface area contributed by atoms with Gasteiger partial charge in [-0.1, -0.05) is 29.8 Å². The van der Waals surface area contributed by atoms with Crippen LogP contribution in [0.1, 0.15) is 28.8 Å². The molecular weight excluding hydrogens is 378 g/mol. The van der Waals surface area contributed by atoms with Crippen LogP contribution in [0.2, 0.25) is 5.02 Å². The van der Waals surface area contributed by atoms with Crippen molar-refractivity contribution in [1.82, 2.24) is 4.72 Å². The summed E-state index contributed by atoms with van der Waals surface area (Å²) in [6, 6.07) is 11.2. The van der Waals surface area contributed by atoms with Crippen molar-refractivity contribution in [3.8, 4) is 5.75 Å². The van der Waals surface area contributed by atoms with Crippen molar-refractivity contribution in [3.63, 3.8) is 0 Å². The molecule has 0 saturated heterocycles. The van der Waals surface area contributed by atoms with Gasteiger partial charge in [-0.2, -0.15) is 0 Å². The smallest absolute Gasteiger partial charge is 0.338 e. The summed E-state index contributed by atoms with van der Waals surface area (Å²) < 4.78 is 37.8. The lowest BCUT2D eigenvalue weighted by Crippen LogP contribution is -2.26. The fourth-order valence-electron chi connectivity index (χ4n) is 2.37. The van der Waals surface area contributed by atoms with E-state index in [0.717, 1.165) is 12.8 Å². The van der Waals surface area contributed by atoms with Crippen LogP contribution >= 0.6 is 11.6 Å². The lowest BCUT2D eigenvalue weighted by Gasteiger charge is -2.11. The average molecular weight is 396 g/mol. The number of para-hydroxylation sites is 1. The second kappa shape index (κ2) is 7.65. The third-order valence-corrected chi connectivity index (χ3v) is 5.91. The van der Waals surface area contributed by atoms with Crippen molar-refractivity contribution < 1.29 is 22.7 Å². The zero-order chi connectivity index (χ0) is 18.7. The number of halogens is 1. The van der Waals surface area contributed by atoms with E-state index < -0.39 is 16.0 Å². The monoisotopic (exact) mass is 395 g/mol. The molecular formula is C18H18ClNO5S. The number of hydrogen-bond donors (Lipinski definition) is 1. The molecule has 0 heterocycles. The number of benzene rings is 2. The van der Waals surface area contributed by atoms with E-state index in [9.17, 15) is 13.2 Å². The van der Waals surface area contributed by atoms with Gasteiger partial charge < -0.3 is 9.47 Å². The summed E-state index contributed by atoms with van der Waals surface area (Å²) in [6.45, 7) is 0.00782. The highest BCUT2D eigenvalue weighted by molar-refractivity contribution is 7.89. The van der Waals surface area contributed by atoms with E-state index >= 15 is 0 Å². The van der Waals surface area contributed by atoms with Crippen molar-refractivity contribution >= 4 is 27.6 Å². The SMILES string of the molecule is COc1ccccc1COC(=O)c1ccc(Cl)c(S(=O)(=O)NC2CC2)c1. The van der Waals surface area contributed by atoms with Gasteiger partial charge in [0.1, 0.15) is 17.3 Å². The summed E-state index contributed by atoms with van der Waals surface area (Å²) >= 11 is 6.01. The van der Waals surface area contributed by atoms with Gasteiger partial charge in [-0.25, -0.2) is 17.9 Å². The zero-order valence-corrected chi connectivity index (χ0v) is 15.6. The minimum atomic E-state index is -3.77. The second-order valence-corrected chi connectivity index (χ2v) is 8.02. The van der Waals surface area contributed by atoms with E-state index in [1.165, 1.54) is 25.3 Å². The van der Waals surface area contributed by atoms with Crippen LogP contribution in [0, 0.1) is 0 Å². The molecule has 1 aliphatic carbocycles. The van der Waals surface area contributed by atoms with E-state index in [4.69, 9.17) is 21.1 Å². The summed E-state index contributed by atoms with van der Waals surface area (Å²) in [5, 5.41) is 0.0550. The molecule has 1 saturated carbocycles. The molecule has 1 aliphatic rings. The molecule has 0 radical (unpaired) electrons. The molecule has 3 rings (SSSR count). The molecule has 26 heavy (non-hydrogen) atoms. The lowest BCUT2D eigenvalue weighted by molar-refractivity contribution is 0.0470. The van der Waals surface area contributed by atoms with E-state index in [-0.39, 0.29) is 28.1 Å². The van der Waals surface area contributed by atoms with Crippen molar-refractivity contribution in [2.75, 3.05) is 7.11 Å². The molecule has 138 valence electrons. The third kappa shape index (κ3) is 4.35. The fraction of sp³-hybridized carbons (Fsp3) is 0.278. The molecule has 0 unspecified atom stereocenters. The van der Waals surface area contributed by atoms with Crippen LogP contribution in [-0.4, -0.2) is 27.5 Å². The van der Waals surface area contributed by atoms with Gasteiger partial charge in [-0.05, 0) is 37.1 Å². The highest BCUT2D eigenvalue weighted by Gasteiger charge is 2.29. The van der Waals surface area contributed by atoms with Gasteiger partial charge in [0.2, 0.25) is 10.0 Å². The van der Waals surface area contributed by atoms with Crippen molar-refractivity contribution in [2.24, 2.45) is 0 Å². The fourth-order valence-corrected chi connectivity index (χ4v) is 4.20. The Hall–Kier alpha value is -2.09. The number of nitrogens with one attached hydrogen (secondary N) is 1. The van der Waals surface area contributed by atoms with Crippen LogP contribution in [-0.2, 0) is 21.4 Å². The first-order valence-corrected chi connectivity index (χ1v) is 9.88. The Morgan fingerprint density at radius 1 is 1.23 bits per heavy atom. The van der Waals surface area contributed by atoms with Crippen LogP contribution in [0.4, 0.5) is 0 Å². The van der Waals surface area contributed by atoms with Gasteiger partial charge >= 0.3 is 5.97 Å². The summed E-state index contributed by atoms with van der Waals surface area (Å²) in [4.78, 5) is 12.2. The molecule has 0 atom stereocenters. The molecule has 0 spiro atoms. The Labute approximate surface area is 157 Å². The maximum absolute atomic E-state index is 12.4. The largest absolute Gasteiger partial charge is 0.496 e. The van der Waals surface area contributed by atoms with Crippen LogP contribution < -0.4 is 9.46 Å². The first-order chi connectivity index (χ1) is 12.4. The summed E-state index contributed by atoms with van der Waals surface area (Å²) in [5.41, 5.74) is 0.820. The lowest BCUT2D eigenvalue weighted by atomic mass is 10.2. The Bertz CT molecular complexity index is 925. The van der Waals surface area contributed by atoms with E-state index in [1.54, 1.807) is 12.1 Å². The summed E-state index contributed by atoms with van der Waals surface area (Å²) in [5.74, 6) is -0.0382. The third-order valence-electron chi connectivity index (χ3n) is 3.91. The number of rotatable bonds is 7. The van der Waals surface area contributed by atoms with E-state index in [1.807, 2.05) is 12.1 Å². The Kier molecular flexibility index (Phi) is 5.50. The van der Waals surface area contributed by atoms with Crippen molar-refractivity contribution in [2.45, 2.75) is 30.4 Å². The molecule has 0 aliphatic heterocycles. The number of carbonyl (C=O) groups is 1. The molecule has 6 nitrogen and oxygen atoms in total. The molecule has 2 aromatic carbocycles. The Morgan fingerprint density at radius 2 is 1.96 bits per heavy atom. The van der Waals surface area contributed by atoms with Gasteiger partial charge in [0.25, 0.3) is 0 Å². The highest BCUT2D eigenvalue weighted by atomic mass is 35.5. The molecule has 0 bridgehead atoms. The molecule has 1 fully saturated rings. The second-order valence-electron chi connectivity index (χ2n) is 5.93. The van der Waals surface area contributed by atoms with Crippen LogP contribution in [0.15, 0.2) is 47.4 Å². The standard InChI is InChI=1S/C18H18ClNO5S/c1-24-16-5-3-2-4-13(16)11-25-18(21)12-6-9-15(19)17(10-12)26(22,23)20-14-7-8-14/h2-6,9-10,14,20H,7-8,11H2,1H3. The predicted molar refractivity (Wildman–Crippen MR) is 96.9 cm³/mol. The average Bonchev–Trinajstić information content (AvgIpc) is 3.43. The molecule has 0 aromatic heterocycles. The van der Waals surface area contributed by atoms with E-state index in [0.29, 0.717) is 11.3 Å². The van der Waals surface area contributed by atoms with Gasteiger partial charge in [-0.15, -0.1) is 0 Å². The predicted octanol–water partition coefficient (Wildman–Crippen LogP) is 3.15. The zero-order valence-electron chi connectivity index (χ0n) is 14.1. The van der Waals surface area contributed by atoms with Crippen molar-refractivity contribution in [3.05, 3.63) is 58.6 Å². The molecule has 2 aromatic rings. The number of methoxy groups -OCH3 is 1. The number of esters is 1.